The van der Waals surface area contributed by atoms with E-state index in [1.165, 1.54) is 4.88 Å². The Morgan fingerprint density at radius 2 is 2.44 bits per heavy atom. The van der Waals surface area contributed by atoms with Crippen molar-refractivity contribution in [3.8, 4) is 0 Å². The molecule has 1 fully saturated rings. The maximum absolute atomic E-state index is 9.91. The second-order valence-electron chi connectivity index (χ2n) is 4.48. The van der Waals surface area contributed by atoms with E-state index in [0.717, 1.165) is 32.3 Å². The zero-order valence-corrected chi connectivity index (χ0v) is 10.4. The van der Waals surface area contributed by atoms with E-state index in [0.29, 0.717) is 12.0 Å². The van der Waals surface area contributed by atoms with Gasteiger partial charge in [0.1, 0.15) is 0 Å². The summed E-state index contributed by atoms with van der Waals surface area (Å²) in [5, 5.41) is 9.91. The smallest absolute Gasteiger partial charge is 0.0794 e. The van der Waals surface area contributed by atoms with E-state index in [-0.39, 0.29) is 6.10 Å². The van der Waals surface area contributed by atoms with Gasteiger partial charge in [-0.25, -0.2) is 0 Å². The Morgan fingerprint density at radius 3 is 3.06 bits per heavy atom. The molecule has 0 aromatic carbocycles. The van der Waals surface area contributed by atoms with Gasteiger partial charge in [0.15, 0.2) is 0 Å². The molecule has 3 nitrogen and oxygen atoms in total. The summed E-state index contributed by atoms with van der Waals surface area (Å²) in [5.74, 6) is 0.652. The number of aliphatic hydroxyl groups is 1. The van der Waals surface area contributed by atoms with Crippen LogP contribution in [0.3, 0.4) is 0 Å². The molecular formula is C12H19NO2S. The molecule has 4 heteroatoms. The highest BCUT2D eigenvalue weighted by molar-refractivity contribution is 7.09. The summed E-state index contributed by atoms with van der Waals surface area (Å²) in [7, 11) is 0. The van der Waals surface area contributed by atoms with Crippen molar-refractivity contribution in [1.82, 2.24) is 4.98 Å². The average molecular weight is 241 g/mol. The molecule has 1 atom stereocenters. The zero-order chi connectivity index (χ0) is 11.4. The summed E-state index contributed by atoms with van der Waals surface area (Å²) < 4.78 is 5.51. The first-order valence-electron chi connectivity index (χ1n) is 5.95. The van der Waals surface area contributed by atoms with Crippen molar-refractivity contribution in [2.24, 2.45) is 5.92 Å². The fourth-order valence-corrected chi connectivity index (χ4v) is 2.95. The first kappa shape index (κ1) is 12.0. The van der Waals surface area contributed by atoms with E-state index >= 15 is 0 Å². The van der Waals surface area contributed by atoms with Gasteiger partial charge in [-0.1, -0.05) is 0 Å². The normalized spacial score (nSPS) is 26.4. The molecule has 1 heterocycles. The molecule has 0 bridgehead atoms. The Kier molecular flexibility index (Phi) is 4.32. The van der Waals surface area contributed by atoms with Gasteiger partial charge in [-0.3, -0.25) is 4.98 Å². The second kappa shape index (κ2) is 5.75. The molecule has 1 N–H and O–H groups in total. The predicted octanol–water partition coefficient (Wildman–Crippen LogP) is 2.25. The van der Waals surface area contributed by atoms with Gasteiger partial charge in [0.2, 0.25) is 0 Å². The van der Waals surface area contributed by atoms with Gasteiger partial charge in [0.25, 0.3) is 0 Å². The first-order chi connectivity index (χ1) is 7.78. The SMILES string of the molecule is CCOC1CC(CC(O)Cc2cncs2)C1. The van der Waals surface area contributed by atoms with Gasteiger partial charge in [0, 0.05) is 24.1 Å². The molecule has 90 valence electrons. The number of thiazole rings is 1. The van der Waals surface area contributed by atoms with Crippen LogP contribution in [0.25, 0.3) is 0 Å². The minimum atomic E-state index is -0.215. The zero-order valence-electron chi connectivity index (χ0n) is 9.63. The molecule has 1 aliphatic carbocycles. The molecular weight excluding hydrogens is 222 g/mol. The van der Waals surface area contributed by atoms with E-state index < -0.39 is 0 Å². The number of aliphatic hydroxyl groups excluding tert-OH is 1. The highest BCUT2D eigenvalue weighted by Gasteiger charge is 2.30. The lowest BCUT2D eigenvalue weighted by Gasteiger charge is -2.36. The summed E-state index contributed by atoms with van der Waals surface area (Å²) in [6.07, 6.45) is 5.97. The summed E-state index contributed by atoms with van der Waals surface area (Å²) >= 11 is 1.62. The minimum absolute atomic E-state index is 0.215. The van der Waals surface area contributed by atoms with Gasteiger partial charge < -0.3 is 9.84 Å². The van der Waals surface area contributed by atoms with Crippen molar-refractivity contribution in [3.05, 3.63) is 16.6 Å². The Balaban J connectivity index is 1.64. The molecule has 2 rings (SSSR count). The maximum Gasteiger partial charge on any atom is 0.0794 e. The topological polar surface area (TPSA) is 42.4 Å². The fraction of sp³-hybridized carbons (Fsp3) is 0.750. The number of aromatic nitrogens is 1. The van der Waals surface area contributed by atoms with Crippen LogP contribution >= 0.6 is 11.3 Å². The van der Waals surface area contributed by atoms with Crippen molar-refractivity contribution in [3.63, 3.8) is 0 Å². The molecule has 1 aromatic rings. The van der Waals surface area contributed by atoms with E-state index in [1.54, 1.807) is 11.3 Å². The van der Waals surface area contributed by atoms with Gasteiger partial charge in [-0.05, 0) is 32.1 Å². The fourth-order valence-electron chi connectivity index (χ4n) is 2.28. The molecule has 0 saturated heterocycles. The van der Waals surface area contributed by atoms with Crippen LogP contribution < -0.4 is 0 Å². The number of ether oxygens (including phenoxy) is 1. The van der Waals surface area contributed by atoms with E-state index in [4.69, 9.17) is 4.74 Å². The van der Waals surface area contributed by atoms with Crippen LogP contribution in [0.4, 0.5) is 0 Å². The third kappa shape index (κ3) is 3.27. The monoisotopic (exact) mass is 241 g/mol. The number of hydrogen-bond donors (Lipinski definition) is 1. The van der Waals surface area contributed by atoms with Crippen molar-refractivity contribution in [2.75, 3.05) is 6.61 Å². The Labute approximate surface area is 100 Å². The molecule has 0 radical (unpaired) electrons. The molecule has 16 heavy (non-hydrogen) atoms. The minimum Gasteiger partial charge on any atom is -0.393 e. The lowest BCUT2D eigenvalue weighted by atomic mass is 9.78. The van der Waals surface area contributed by atoms with E-state index in [2.05, 4.69) is 4.98 Å². The summed E-state index contributed by atoms with van der Waals surface area (Å²) in [6.45, 7) is 2.84. The average Bonchev–Trinajstić information content (AvgIpc) is 2.67. The lowest BCUT2D eigenvalue weighted by molar-refractivity contribution is -0.0375. The predicted molar refractivity (Wildman–Crippen MR) is 64.6 cm³/mol. The van der Waals surface area contributed by atoms with Crippen LogP contribution in [0, 0.1) is 5.92 Å². The Hall–Kier alpha value is -0.450. The molecule has 1 saturated carbocycles. The summed E-state index contributed by atoms with van der Waals surface area (Å²) in [4.78, 5) is 5.19. The maximum atomic E-state index is 9.91. The van der Waals surface area contributed by atoms with E-state index in [1.807, 2.05) is 18.6 Å². The molecule has 1 aliphatic rings. The highest BCUT2D eigenvalue weighted by Crippen LogP contribution is 2.34. The molecule has 0 spiro atoms. The van der Waals surface area contributed by atoms with Crippen LogP contribution in [-0.2, 0) is 11.2 Å². The molecule has 0 aliphatic heterocycles. The standard InChI is InChI=1S/C12H19NO2S/c1-2-15-11-4-9(5-11)3-10(14)6-12-7-13-8-16-12/h7-11,14H,2-6H2,1H3. The number of hydrogen-bond acceptors (Lipinski definition) is 4. The largest absolute Gasteiger partial charge is 0.393 e. The van der Waals surface area contributed by atoms with Crippen LogP contribution in [0.5, 0.6) is 0 Å². The summed E-state index contributed by atoms with van der Waals surface area (Å²) in [6, 6.07) is 0. The third-order valence-electron chi connectivity index (χ3n) is 3.12. The van der Waals surface area contributed by atoms with Crippen molar-refractivity contribution < 1.29 is 9.84 Å². The quantitative estimate of drug-likeness (QED) is 0.830. The Bertz CT molecular complexity index is 296. The number of nitrogens with zero attached hydrogens (tertiary/aromatic N) is 1. The Morgan fingerprint density at radius 1 is 1.62 bits per heavy atom. The summed E-state index contributed by atoms with van der Waals surface area (Å²) in [5.41, 5.74) is 1.82. The highest BCUT2D eigenvalue weighted by atomic mass is 32.1. The van der Waals surface area contributed by atoms with Crippen molar-refractivity contribution >= 4 is 11.3 Å². The number of rotatable bonds is 6. The van der Waals surface area contributed by atoms with E-state index in [9.17, 15) is 5.11 Å². The van der Waals surface area contributed by atoms with Gasteiger partial charge >= 0.3 is 0 Å². The molecule has 1 aromatic heterocycles. The van der Waals surface area contributed by atoms with Crippen LogP contribution in [-0.4, -0.2) is 28.9 Å². The second-order valence-corrected chi connectivity index (χ2v) is 5.45. The van der Waals surface area contributed by atoms with Gasteiger partial charge in [0.05, 0.1) is 17.7 Å². The lowest BCUT2D eigenvalue weighted by Crippen LogP contribution is -2.34. The van der Waals surface area contributed by atoms with Crippen molar-refractivity contribution in [1.29, 1.82) is 0 Å². The molecule has 0 amide bonds. The third-order valence-corrected chi connectivity index (χ3v) is 3.92. The van der Waals surface area contributed by atoms with Crippen LogP contribution in [0.1, 0.15) is 31.1 Å². The van der Waals surface area contributed by atoms with Gasteiger partial charge in [-0.15, -0.1) is 11.3 Å². The van der Waals surface area contributed by atoms with Crippen LogP contribution in [0.15, 0.2) is 11.7 Å². The van der Waals surface area contributed by atoms with Crippen molar-refractivity contribution in [2.45, 2.75) is 44.8 Å². The van der Waals surface area contributed by atoms with Gasteiger partial charge in [-0.2, -0.15) is 0 Å². The molecule has 1 unspecified atom stereocenters. The first-order valence-corrected chi connectivity index (χ1v) is 6.83. The van der Waals surface area contributed by atoms with Crippen LogP contribution in [0.2, 0.25) is 0 Å².